The molecule has 0 bridgehead atoms. The van der Waals surface area contributed by atoms with Gasteiger partial charge in [0.15, 0.2) is 0 Å². The van der Waals surface area contributed by atoms with E-state index in [-0.39, 0.29) is 0 Å². The van der Waals surface area contributed by atoms with Crippen LogP contribution in [-0.4, -0.2) is 0 Å². The molecule has 2 aliphatic rings. The van der Waals surface area contributed by atoms with Gasteiger partial charge in [-0.15, -0.1) is 0 Å². The van der Waals surface area contributed by atoms with Gasteiger partial charge in [0, 0.05) is 5.41 Å². The molecule has 2 aromatic rings. The summed E-state index contributed by atoms with van der Waals surface area (Å²) < 4.78 is 0. The summed E-state index contributed by atoms with van der Waals surface area (Å²) in [6, 6.07) is 18.2. The molecule has 0 saturated carbocycles. The normalized spacial score (nSPS) is 31.5. The third kappa shape index (κ3) is 1.35. The number of fused-ring (bicyclic) bond motifs is 4. The molecule has 2 unspecified atom stereocenters. The quantitative estimate of drug-likeness (QED) is 0.616. The SMILES string of the molecule is CC1CC2(CC(C)c3ccccc32)c2ccccc21. The molecule has 96 valence electrons. The molecular weight excluding hydrogens is 228 g/mol. The van der Waals surface area contributed by atoms with E-state index in [0.29, 0.717) is 17.3 Å². The summed E-state index contributed by atoms with van der Waals surface area (Å²) >= 11 is 0. The average Bonchev–Trinajstić information content (AvgIpc) is 2.88. The van der Waals surface area contributed by atoms with Crippen LogP contribution in [-0.2, 0) is 5.41 Å². The standard InChI is InChI=1S/C19H20/c1-13-11-19(17-9-5-3-7-15(13)17)12-14(2)16-8-4-6-10-18(16)19/h3-10,13-14H,11-12H2,1-2H3. The van der Waals surface area contributed by atoms with Crippen molar-refractivity contribution in [1.82, 2.24) is 0 Å². The van der Waals surface area contributed by atoms with Crippen LogP contribution < -0.4 is 0 Å². The van der Waals surface area contributed by atoms with E-state index in [0.717, 1.165) is 0 Å². The summed E-state index contributed by atoms with van der Waals surface area (Å²) in [5.74, 6) is 1.38. The van der Waals surface area contributed by atoms with Gasteiger partial charge in [-0.1, -0.05) is 62.4 Å². The lowest BCUT2D eigenvalue weighted by atomic mass is 9.76. The van der Waals surface area contributed by atoms with E-state index in [1.807, 2.05) is 0 Å². The molecule has 0 saturated heterocycles. The summed E-state index contributed by atoms with van der Waals surface area (Å²) in [6.07, 6.45) is 2.57. The zero-order valence-electron chi connectivity index (χ0n) is 11.7. The molecule has 4 rings (SSSR count). The van der Waals surface area contributed by atoms with E-state index < -0.39 is 0 Å². The Hall–Kier alpha value is -1.56. The van der Waals surface area contributed by atoms with Crippen LogP contribution in [0, 0.1) is 0 Å². The van der Waals surface area contributed by atoms with E-state index in [1.54, 1.807) is 22.3 Å². The van der Waals surface area contributed by atoms with Gasteiger partial charge < -0.3 is 0 Å². The van der Waals surface area contributed by atoms with Crippen molar-refractivity contribution >= 4 is 0 Å². The first-order chi connectivity index (χ1) is 9.22. The zero-order chi connectivity index (χ0) is 13.0. The number of hydrogen-bond donors (Lipinski definition) is 0. The maximum absolute atomic E-state index is 2.39. The van der Waals surface area contributed by atoms with Crippen molar-refractivity contribution in [2.45, 2.75) is 43.9 Å². The van der Waals surface area contributed by atoms with Crippen molar-refractivity contribution < 1.29 is 0 Å². The second kappa shape index (κ2) is 3.72. The second-order valence-corrected chi connectivity index (χ2v) is 6.47. The Kier molecular flexibility index (Phi) is 2.21. The smallest absolute Gasteiger partial charge is 0.0220 e. The van der Waals surface area contributed by atoms with E-state index >= 15 is 0 Å². The fraction of sp³-hybridized carbons (Fsp3) is 0.368. The van der Waals surface area contributed by atoms with Crippen LogP contribution in [0.3, 0.4) is 0 Å². The first-order valence-electron chi connectivity index (χ1n) is 7.41. The predicted molar refractivity (Wildman–Crippen MR) is 79.7 cm³/mol. The van der Waals surface area contributed by atoms with Crippen LogP contribution in [0.25, 0.3) is 0 Å². The van der Waals surface area contributed by atoms with Crippen LogP contribution in [0.2, 0.25) is 0 Å². The monoisotopic (exact) mass is 248 g/mol. The highest BCUT2D eigenvalue weighted by molar-refractivity contribution is 5.56. The molecule has 2 aromatic carbocycles. The van der Waals surface area contributed by atoms with Crippen molar-refractivity contribution in [3.05, 3.63) is 70.8 Å². The highest BCUT2D eigenvalue weighted by atomic mass is 14.5. The van der Waals surface area contributed by atoms with Crippen molar-refractivity contribution in [1.29, 1.82) is 0 Å². The van der Waals surface area contributed by atoms with Crippen LogP contribution >= 0.6 is 0 Å². The molecule has 0 fully saturated rings. The van der Waals surface area contributed by atoms with Crippen molar-refractivity contribution in [2.75, 3.05) is 0 Å². The summed E-state index contributed by atoms with van der Waals surface area (Å²) in [7, 11) is 0. The maximum atomic E-state index is 2.39. The van der Waals surface area contributed by atoms with E-state index in [4.69, 9.17) is 0 Å². The second-order valence-electron chi connectivity index (χ2n) is 6.47. The van der Waals surface area contributed by atoms with Gasteiger partial charge in [-0.25, -0.2) is 0 Å². The third-order valence-electron chi connectivity index (χ3n) is 5.32. The summed E-state index contributed by atoms with van der Waals surface area (Å²) in [5.41, 5.74) is 6.64. The maximum Gasteiger partial charge on any atom is 0.0220 e. The molecule has 0 amide bonds. The Balaban J connectivity index is 1.99. The molecule has 0 heterocycles. The van der Waals surface area contributed by atoms with E-state index in [1.165, 1.54) is 12.8 Å². The summed E-state index contributed by atoms with van der Waals surface area (Å²) in [5, 5.41) is 0. The minimum absolute atomic E-state index is 0.298. The number of rotatable bonds is 0. The van der Waals surface area contributed by atoms with Gasteiger partial charge in [0.2, 0.25) is 0 Å². The summed E-state index contributed by atoms with van der Waals surface area (Å²) in [6.45, 7) is 4.78. The van der Waals surface area contributed by atoms with Gasteiger partial charge in [-0.2, -0.15) is 0 Å². The Labute approximate surface area is 115 Å². The van der Waals surface area contributed by atoms with E-state index in [9.17, 15) is 0 Å². The molecular formula is C19H20. The molecule has 0 aliphatic heterocycles. The van der Waals surface area contributed by atoms with Crippen molar-refractivity contribution in [3.63, 3.8) is 0 Å². The molecule has 0 aromatic heterocycles. The lowest BCUT2D eigenvalue weighted by Gasteiger charge is -2.27. The first-order valence-corrected chi connectivity index (χ1v) is 7.41. The topological polar surface area (TPSA) is 0 Å². The molecule has 1 spiro atoms. The Morgan fingerprint density at radius 2 is 1.16 bits per heavy atom. The number of hydrogen-bond acceptors (Lipinski definition) is 0. The average molecular weight is 248 g/mol. The van der Waals surface area contributed by atoms with Crippen LogP contribution in [0.15, 0.2) is 48.5 Å². The predicted octanol–water partition coefficient (Wildman–Crippen LogP) is 4.99. The van der Waals surface area contributed by atoms with Gasteiger partial charge in [0.25, 0.3) is 0 Å². The molecule has 0 heteroatoms. The van der Waals surface area contributed by atoms with Crippen LogP contribution in [0.5, 0.6) is 0 Å². The lowest BCUT2D eigenvalue weighted by Crippen LogP contribution is -2.21. The number of benzene rings is 2. The molecule has 0 nitrogen and oxygen atoms in total. The Morgan fingerprint density at radius 3 is 1.63 bits per heavy atom. The van der Waals surface area contributed by atoms with Gasteiger partial charge in [0.05, 0.1) is 0 Å². The molecule has 2 aliphatic carbocycles. The molecule has 19 heavy (non-hydrogen) atoms. The molecule has 2 atom stereocenters. The van der Waals surface area contributed by atoms with Gasteiger partial charge in [-0.05, 0) is 46.9 Å². The minimum Gasteiger partial charge on any atom is -0.0620 e. The zero-order valence-corrected chi connectivity index (χ0v) is 11.7. The van der Waals surface area contributed by atoms with Gasteiger partial charge >= 0.3 is 0 Å². The lowest BCUT2D eigenvalue weighted by molar-refractivity contribution is 0.455. The van der Waals surface area contributed by atoms with Crippen molar-refractivity contribution in [3.8, 4) is 0 Å². The Morgan fingerprint density at radius 1 is 0.737 bits per heavy atom. The van der Waals surface area contributed by atoms with Gasteiger partial charge in [0.1, 0.15) is 0 Å². The Bertz CT molecular complexity index is 580. The van der Waals surface area contributed by atoms with Crippen LogP contribution in [0.4, 0.5) is 0 Å². The highest BCUT2D eigenvalue weighted by Gasteiger charge is 2.48. The molecule has 0 radical (unpaired) electrons. The van der Waals surface area contributed by atoms with E-state index in [2.05, 4.69) is 62.4 Å². The van der Waals surface area contributed by atoms with Crippen molar-refractivity contribution in [2.24, 2.45) is 0 Å². The summed E-state index contributed by atoms with van der Waals surface area (Å²) in [4.78, 5) is 0. The fourth-order valence-corrected chi connectivity index (χ4v) is 4.66. The fourth-order valence-electron chi connectivity index (χ4n) is 4.66. The molecule has 0 N–H and O–H groups in total. The highest BCUT2D eigenvalue weighted by Crippen LogP contribution is 2.59. The first kappa shape index (κ1) is 11.3. The largest absolute Gasteiger partial charge is 0.0620 e. The van der Waals surface area contributed by atoms with Gasteiger partial charge in [-0.3, -0.25) is 0 Å². The third-order valence-corrected chi connectivity index (χ3v) is 5.32. The minimum atomic E-state index is 0.298. The van der Waals surface area contributed by atoms with Crippen LogP contribution in [0.1, 0.15) is 60.8 Å².